The number of carbonyl (C=O) groups excluding carboxylic acids is 1. The third kappa shape index (κ3) is 4.61. The Balaban J connectivity index is 1.11. The van der Waals surface area contributed by atoms with Gasteiger partial charge in [-0.3, -0.25) is 9.69 Å². The highest BCUT2D eigenvalue weighted by Gasteiger charge is 2.33. The Bertz CT molecular complexity index is 848. The first-order valence-electron chi connectivity index (χ1n) is 11.9. The highest BCUT2D eigenvalue weighted by Crippen LogP contribution is 2.28. The molecule has 0 spiro atoms. The van der Waals surface area contributed by atoms with Crippen molar-refractivity contribution >= 4 is 11.9 Å². The summed E-state index contributed by atoms with van der Waals surface area (Å²) in [4.78, 5) is 20.0. The summed E-state index contributed by atoms with van der Waals surface area (Å²) in [6.45, 7) is 5.43. The summed E-state index contributed by atoms with van der Waals surface area (Å²) in [5.41, 5.74) is 0.929. The van der Waals surface area contributed by atoms with Crippen molar-refractivity contribution in [1.29, 1.82) is 0 Å². The number of piperidine rings is 1. The van der Waals surface area contributed by atoms with E-state index in [9.17, 15) is 4.79 Å². The topological polar surface area (TPSA) is 65.7 Å². The second kappa shape index (κ2) is 9.39. The van der Waals surface area contributed by atoms with Gasteiger partial charge in [0.1, 0.15) is 0 Å². The fraction of sp³-hybridized carbons (Fsp3) is 0.625. The quantitative estimate of drug-likeness (QED) is 0.751. The van der Waals surface area contributed by atoms with Crippen LogP contribution in [0.5, 0.6) is 0 Å². The lowest BCUT2D eigenvalue weighted by Crippen LogP contribution is -2.54. The van der Waals surface area contributed by atoms with Crippen LogP contribution in [-0.2, 0) is 4.79 Å². The number of hydrogen-bond acceptors (Lipinski definition) is 6. The first-order valence-corrected chi connectivity index (χ1v) is 11.9. The maximum Gasteiger partial charge on any atom is 0.318 e. The van der Waals surface area contributed by atoms with Gasteiger partial charge in [0, 0.05) is 56.8 Å². The normalized spacial score (nSPS) is 22.1. The fourth-order valence-electron chi connectivity index (χ4n) is 5.37. The van der Waals surface area contributed by atoms with E-state index in [0.29, 0.717) is 17.8 Å². The summed E-state index contributed by atoms with van der Waals surface area (Å²) in [7, 11) is 0. The molecule has 0 radical (unpaired) electrons. The van der Waals surface area contributed by atoms with E-state index in [0.717, 1.165) is 63.7 Å². The standard InChI is InChI=1S/C24H33N5O2/c30-23(28-17-15-27(16-18-28)21-9-5-2-6-10-21)20-11-13-29(14-12-20)24-26-25-22(31-24)19-7-3-1-4-8-19/h1,3-4,7-8,20-21H,2,5-6,9-18H2. The number of aromatic nitrogens is 2. The Kier molecular flexibility index (Phi) is 6.20. The summed E-state index contributed by atoms with van der Waals surface area (Å²) in [5.74, 6) is 1.01. The molecule has 31 heavy (non-hydrogen) atoms. The Morgan fingerprint density at radius 3 is 2.26 bits per heavy atom. The van der Waals surface area contributed by atoms with Crippen LogP contribution in [0.4, 0.5) is 6.01 Å². The van der Waals surface area contributed by atoms with Gasteiger partial charge in [0.05, 0.1) is 0 Å². The number of nitrogens with zero attached hydrogens (tertiary/aromatic N) is 5. The predicted molar refractivity (Wildman–Crippen MR) is 120 cm³/mol. The summed E-state index contributed by atoms with van der Waals surface area (Å²) in [6, 6.07) is 11.1. The Morgan fingerprint density at radius 1 is 0.839 bits per heavy atom. The van der Waals surface area contributed by atoms with Crippen LogP contribution in [0.15, 0.2) is 34.7 Å². The van der Waals surface area contributed by atoms with Crippen LogP contribution in [0.2, 0.25) is 0 Å². The molecule has 3 heterocycles. The van der Waals surface area contributed by atoms with Crippen molar-refractivity contribution in [2.75, 3.05) is 44.2 Å². The molecule has 2 saturated heterocycles. The Hall–Kier alpha value is -2.41. The molecule has 166 valence electrons. The summed E-state index contributed by atoms with van der Waals surface area (Å²) in [6.07, 6.45) is 8.52. The van der Waals surface area contributed by atoms with Gasteiger partial charge in [-0.15, -0.1) is 5.10 Å². The minimum atomic E-state index is 0.119. The van der Waals surface area contributed by atoms with Crippen molar-refractivity contribution in [1.82, 2.24) is 20.0 Å². The maximum atomic E-state index is 13.1. The number of benzene rings is 1. The van der Waals surface area contributed by atoms with Gasteiger partial charge >= 0.3 is 6.01 Å². The summed E-state index contributed by atoms with van der Waals surface area (Å²) >= 11 is 0. The van der Waals surface area contributed by atoms with Crippen LogP contribution in [0.3, 0.4) is 0 Å². The number of rotatable bonds is 4. The van der Waals surface area contributed by atoms with Gasteiger partial charge in [-0.25, -0.2) is 0 Å². The molecule has 0 atom stereocenters. The average Bonchev–Trinajstić information content (AvgIpc) is 3.35. The second-order valence-corrected chi connectivity index (χ2v) is 9.17. The molecular weight excluding hydrogens is 390 g/mol. The third-order valence-corrected chi connectivity index (χ3v) is 7.27. The van der Waals surface area contributed by atoms with E-state index < -0.39 is 0 Å². The first kappa shape index (κ1) is 20.5. The molecule has 1 saturated carbocycles. The Morgan fingerprint density at radius 2 is 1.55 bits per heavy atom. The number of hydrogen-bond donors (Lipinski definition) is 0. The van der Waals surface area contributed by atoms with E-state index in [2.05, 4.69) is 24.9 Å². The van der Waals surface area contributed by atoms with E-state index >= 15 is 0 Å². The summed E-state index contributed by atoms with van der Waals surface area (Å²) < 4.78 is 5.89. The van der Waals surface area contributed by atoms with Crippen molar-refractivity contribution in [2.45, 2.75) is 51.0 Å². The molecule has 0 bridgehead atoms. The van der Waals surface area contributed by atoms with Gasteiger partial charge in [-0.1, -0.05) is 42.6 Å². The minimum absolute atomic E-state index is 0.119. The number of amides is 1. The van der Waals surface area contributed by atoms with Crippen LogP contribution >= 0.6 is 0 Å². The van der Waals surface area contributed by atoms with Crippen LogP contribution in [0, 0.1) is 5.92 Å². The third-order valence-electron chi connectivity index (χ3n) is 7.27. The summed E-state index contributed by atoms with van der Waals surface area (Å²) in [5, 5.41) is 8.43. The highest BCUT2D eigenvalue weighted by atomic mass is 16.4. The molecule has 7 heteroatoms. The zero-order valence-corrected chi connectivity index (χ0v) is 18.3. The largest absolute Gasteiger partial charge is 0.403 e. The van der Waals surface area contributed by atoms with Crippen molar-refractivity contribution < 1.29 is 9.21 Å². The monoisotopic (exact) mass is 423 g/mol. The molecule has 0 N–H and O–H groups in total. The van der Waals surface area contributed by atoms with Gasteiger partial charge < -0.3 is 14.2 Å². The number of piperazine rings is 1. The van der Waals surface area contributed by atoms with Gasteiger partial charge in [0.2, 0.25) is 11.8 Å². The highest BCUT2D eigenvalue weighted by molar-refractivity contribution is 5.79. The van der Waals surface area contributed by atoms with Gasteiger partial charge in [0.15, 0.2) is 0 Å². The van der Waals surface area contributed by atoms with Crippen molar-refractivity contribution in [3.63, 3.8) is 0 Å². The lowest BCUT2D eigenvalue weighted by molar-refractivity contribution is -0.138. The molecule has 2 aromatic rings. The lowest BCUT2D eigenvalue weighted by Gasteiger charge is -2.42. The van der Waals surface area contributed by atoms with Gasteiger partial charge in [-0.2, -0.15) is 0 Å². The van der Waals surface area contributed by atoms with Crippen molar-refractivity contribution in [2.24, 2.45) is 5.92 Å². The molecule has 1 aromatic heterocycles. The molecular formula is C24H33N5O2. The lowest BCUT2D eigenvalue weighted by atomic mass is 9.93. The van der Waals surface area contributed by atoms with Gasteiger partial charge in [0.25, 0.3) is 0 Å². The van der Waals surface area contributed by atoms with E-state index in [1.165, 1.54) is 32.1 Å². The second-order valence-electron chi connectivity index (χ2n) is 9.17. The van der Waals surface area contributed by atoms with E-state index in [1.807, 2.05) is 30.3 Å². The van der Waals surface area contributed by atoms with Crippen LogP contribution in [0.25, 0.3) is 11.5 Å². The number of anilines is 1. The van der Waals surface area contributed by atoms with Crippen molar-refractivity contribution in [3.8, 4) is 11.5 Å². The zero-order chi connectivity index (χ0) is 21.0. The zero-order valence-electron chi connectivity index (χ0n) is 18.3. The molecule has 1 aliphatic carbocycles. The van der Waals surface area contributed by atoms with Gasteiger partial charge in [-0.05, 0) is 37.8 Å². The minimum Gasteiger partial charge on any atom is -0.403 e. The molecule has 1 amide bonds. The fourth-order valence-corrected chi connectivity index (χ4v) is 5.37. The average molecular weight is 424 g/mol. The SMILES string of the molecule is O=C(C1CCN(c2nnc(-c3ccccc3)o2)CC1)N1CCN(C2CCCCC2)CC1. The van der Waals surface area contributed by atoms with Crippen molar-refractivity contribution in [3.05, 3.63) is 30.3 Å². The van der Waals surface area contributed by atoms with Crippen LogP contribution in [0.1, 0.15) is 44.9 Å². The molecule has 3 fully saturated rings. The van der Waals surface area contributed by atoms with E-state index in [-0.39, 0.29) is 5.92 Å². The molecule has 7 nitrogen and oxygen atoms in total. The molecule has 0 unspecified atom stereocenters. The number of carbonyl (C=O) groups is 1. The molecule has 5 rings (SSSR count). The van der Waals surface area contributed by atoms with E-state index in [1.54, 1.807) is 0 Å². The van der Waals surface area contributed by atoms with Crippen LogP contribution < -0.4 is 4.90 Å². The molecule has 1 aromatic carbocycles. The predicted octanol–water partition coefficient (Wildman–Crippen LogP) is 3.43. The van der Waals surface area contributed by atoms with E-state index in [4.69, 9.17) is 4.42 Å². The first-order chi connectivity index (χ1) is 15.3. The Labute approximate surface area is 184 Å². The molecule has 3 aliphatic rings. The smallest absolute Gasteiger partial charge is 0.318 e. The van der Waals surface area contributed by atoms with Crippen LogP contribution in [-0.4, -0.2) is 71.2 Å². The molecule has 2 aliphatic heterocycles. The maximum absolute atomic E-state index is 13.1.